The van der Waals surface area contributed by atoms with Crippen LogP contribution in [0.2, 0.25) is 0 Å². The molecule has 0 saturated heterocycles. The van der Waals surface area contributed by atoms with Gasteiger partial charge in [0, 0.05) is 13.3 Å². The third-order valence-electron chi connectivity index (χ3n) is 1.57. The van der Waals surface area contributed by atoms with Crippen LogP contribution in [0.25, 0.3) is 0 Å². The van der Waals surface area contributed by atoms with Crippen molar-refractivity contribution in [2.45, 2.75) is 12.2 Å². The fraction of sp³-hybridized carbons (Fsp3) is 0.833. The second-order valence-electron chi connectivity index (χ2n) is 2.49. The summed E-state index contributed by atoms with van der Waals surface area (Å²) in [6.45, 7) is 1.33. The molecular formula is C6H13NO4S. The number of hydroxylamine groups is 2. The van der Waals surface area contributed by atoms with Gasteiger partial charge in [-0.1, -0.05) is 0 Å². The Labute approximate surface area is 72.2 Å². The second-order valence-corrected chi connectivity index (χ2v) is 4.86. The fourth-order valence-electron chi connectivity index (χ4n) is 0.529. The molecule has 0 N–H and O–H groups in total. The van der Waals surface area contributed by atoms with Crippen LogP contribution in [0.1, 0.15) is 6.92 Å². The van der Waals surface area contributed by atoms with E-state index in [1.165, 1.54) is 21.1 Å². The van der Waals surface area contributed by atoms with Gasteiger partial charge in [-0.25, -0.2) is 13.5 Å². The van der Waals surface area contributed by atoms with Crippen LogP contribution in [0.15, 0.2) is 0 Å². The predicted octanol–water partition coefficient (Wildman–Crippen LogP) is -0.561. The first-order valence-electron chi connectivity index (χ1n) is 3.31. The Bertz CT molecular complexity index is 259. The lowest BCUT2D eigenvalue weighted by atomic mass is 10.4. The van der Waals surface area contributed by atoms with Crippen LogP contribution < -0.4 is 0 Å². The summed E-state index contributed by atoms with van der Waals surface area (Å²) >= 11 is 0. The van der Waals surface area contributed by atoms with Crippen molar-refractivity contribution < 1.29 is 18.0 Å². The van der Waals surface area contributed by atoms with Gasteiger partial charge in [0.25, 0.3) is 5.91 Å². The zero-order valence-corrected chi connectivity index (χ0v) is 8.38. The minimum Gasteiger partial charge on any atom is -0.275 e. The van der Waals surface area contributed by atoms with Gasteiger partial charge in [0.2, 0.25) is 0 Å². The van der Waals surface area contributed by atoms with E-state index in [2.05, 4.69) is 4.84 Å². The molecule has 6 heteroatoms. The Hall–Kier alpha value is -0.620. The lowest BCUT2D eigenvalue weighted by molar-refractivity contribution is -0.167. The molecule has 0 aliphatic rings. The Morgan fingerprint density at radius 1 is 1.50 bits per heavy atom. The number of amides is 1. The van der Waals surface area contributed by atoms with Gasteiger partial charge in [-0.2, -0.15) is 0 Å². The van der Waals surface area contributed by atoms with Crippen molar-refractivity contribution in [1.82, 2.24) is 5.06 Å². The van der Waals surface area contributed by atoms with Crippen LogP contribution in [0, 0.1) is 0 Å². The Morgan fingerprint density at radius 2 is 1.92 bits per heavy atom. The van der Waals surface area contributed by atoms with Crippen LogP contribution in [0.4, 0.5) is 0 Å². The largest absolute Gasteiger partial charge is 0.275 e. The highest BCUT2D eigenvalue weighted by atomic mass is 32.2. The summed E-state index contributed by atoms with van der Waals surface area (Å²) < 4.78 is 21.8. The summed E-state index contributed by atoms with van der Waals surface area (Å²) in [6, 6.07) is 0. The monoisotopic (exact) mass is 195 g/mol. The molecule has 72 valence electrons. The molecule has 0 spiro atoms. The molecule has 1 amide bonds. The first kappa shape index (κ1) is 11.4. The molecule has 0 aromatic heterocycles. The first-order chi connectivity index (χ1) is 5.30. The molecule has 0 bridgehead atoms. The van der Waals surface area contributed by atoms with E-state index in [1.54, 1.807) is 0 Å². The number of hydrogen-bond acceptors (Lipinski definition) is 4. The number of carbonyl (C=O) groups excluding carboxylic acids is 1. The number of sulfone groups is 1. The minimum atomic E-state index is -3.33. The molecule has 5 nitrogen and oxygen atoms in total. The Kier molecular flexibility index (Phi) is 3.66. The zero-order chi connectivity index (χ0) is 9.94. The van der Waals surface area contributed by atoms with Gasteiger partial charge < -0.3 is 0 Å². The highest BCUT2D eigenvalue weighted by Crippen LogP contribution is 2.01. The summed E-state index contributed by atoms with van der Waals surface area (Å²) in [5, 5.41) is -0.159. The standard InChI is InChI=1S/C6H13NO4S/c1-5(12(4,9)10)6(8)7(2)11-3/h5H,1-4H3. The van der Waals surface area contributed by atoms with Gasteiger partial charge in [0.1, 0.15) is 5.25 Å². The number of hydrogen-bond donors (Lipinski definition) is 0. The summed E-state index contributed by atoms with van der Waals surface area (Å²) in [6.07, 6.45) is 1.01. The number of nitrogens with zero attached hydrogens (tertiary/aromatic N) is 1. The van der Waals surface area contributed by atoms with Crippen molar-refractivity contribution in [1.29, 1.82) is 0 Å². The van der Waals surface area contributed by atoms with Crippen molar-refractivity contribution in [2.75, 3.05) is 20.4 Å². The SMILES string of the molecule is CON(C)C(=O)C(C)S(C)(=O)=O. The highest BCUT2D eigenvalue weighted by molar-refractivity contribution is 7.92. The van der Waals surface area contributed by atoms with Gasteiger partial charge in [0.05, 0.1) is 7.11 Å². The van der Waals surface area contributed by atoms with Crippen molar-refractivity contribution >= 4 is 15.7 Å². The average Bonchev–Trinajstić information content (AvgIpc) is 1.98. The first-order valence-corrected chi connectivity index (χ1v) is 5.26. The summed E-state index contributed by atoms with van der Waals surface area (Å²) in [7, 11) is -0.665. The van der Waals surface area contributed by atoms with E-state index < -0.39 is 21.0 Å². The van der Waals surface area contributed by atoms with E-state index >= 15 is 0 Å². The van der Waals surface area contributed by atoms with Crippen molar-refractivity contribution in [3.63, 3.8) is 0 Å². The molecule has 0 fully saturated rings. The van der Waals surface area contributed by atoms with Gasteiger partial charge in [0.15, 0.2) is 9.84 Å². The molecule has 0 aromatic carbocycles. The molecule has 0 rings (SSSR count). The summed E-state index contributed by atoms with van der Waals surface area (Å²) in [5.74, 6) is -0.569. The van der Waals surface area contributed by atoms with Crippen LogP contribution in [-0.2, 0) is 19.5 Å². The van der Waals surface area contributed by atoms with Gasteiger partial charge in [-0.05, 0) is 6.92 Å². The molecule has 0 aliphatic heterocycles. The van der Waals surface area contributed by atoms with E-state index in [1.807, 2.05) is 0 Å². The van der Waals surface area contributed by atoms with Crippen LogP contribution in [-0.4, -0.2) is 45.1 Å². The summed E-state index contributed by atoms with van der Waals surface area (Å²) in [5.41, 5.74) is 0. The van der Waals surface area contributed by atoms with Crippen LogP contribution >= 0.6 is 0 Å². The van der Waals surface area contributed by atoms with Gasteiger partial charge >= 0.3 is 0 Å². The quantitative estimate of drug-likeness (QED) is 0.566. The number of rotatable bonds is 3. The molecular weight excluding hydrogens is 182 g/mol. The lowest BCUT2D eigenvalue weighted by Gasteiger charge is -2.17. The van der Waals surface area contributed by atoms with E-state index in [-0.39, 0.29) is 0 Å². The normalized spacial score (nSPS) is 14.0. The second kappa shape index (κ2) is 3.86. The summed E-state index contributed by atoms with van der Waals surface area (Å²) in [4.78, 5) is 15.7. The highest BCUT2D eigenvalue weighted by Gasteiger charge is 2.26. The van der Waals surface area contributed by atoms with Gasteiger partial charge in [-0.3, -0.25) is 9.63 Å². The maximum absolute atomic E-state index is 11.1. The molecule has 1 atom stereocenters. The molecule has 0 aliphatic carbocycles. The number of carbonyl (C=O) groups is 1. The van der Waals surface area contributed by atoms with Crippen molar-refractivity contribution in [2.24, 2.45) is 0 Å². The third-order valence-corrected chi connectivity index (χ3v) is 3.06. The fourth-order valence-corrected chi connectivity index (χ4v) is 1.04. The van der Waals surface area contributed by atoms with Crippen LogP contribution in [0.3, 0.4) is 0 Å². The van der Waals surface area contributed by atoms with Crippen molar-refractivity contribution in [3.8, 4) is 0 Å². The predicted molar refractivity (Wildman–Crippen MR) is 44.1 cm³/mol. The van der Waals surface area contributed by atoms with E-state index in [9.17, 15) is 13.2 Å². The molecule has 1 unspecified atom stereocenters. The molecule has 0 saturated carbocycles. The Balaban J connectivity index is 4.52. The third kappa shape index (κ3) is 2.78. The smallest absolute Gasteiger partial charge is 0.263 e. The zero-order valence-electron chi connectivity index (χ0n) is 7.57. The molecule has 12 heavy (non-hydrogen) atoms. The van der Waals surface area contributed by atoms with E-state index in [4.69, 9.17) is 0 Å². The Morgan fingerprint density at radius 3 is 2.17 bits per heavy atom. The lowest BCUT2D eigenvalue weighted by Crippen LogP contribution is -2.38. The topological polar surface area (TPSA) is 63.7 Å². The van der Waals surface area contributed by atoms with E-state index in [0.717, 1.165) is 11.3 Å². The molecule has 0 heterocycles. The maximum atomic E-state index is 11.1. The van der Waals surface area contributed by atoms with Crippen molar-refractivity contribution in [3.05, 3.63) is 0 Å². The van der Waals surface area contributed by atoms with E-state index in [0.29, 0.717) is 0 Å². The molecule has 0 aromatic rings. The molecule has 0 radical (unpaired) electrons. The average molecular weight is 195 g/mol. The van der Waals surface area contributed by atoms with Crippen LogP contribution in [0.5, 0.6) is 0 Å². The van der Waals surface area contributed by atoms with Gasteiger partial charge in [-0.15, -0.1) is 0 Å². The minimum absolute atomic E-state index is 0.569. The maximum Gasteiger partial charge on any atom is 0.263 e.